The molecule has 0 bridgehead atoms. The van der Waals surface area contributed by atoms with Gasteiger partial charge in [-0.3, -0.25) is 4.90 Å². The average Bonchev–Trinajstić information content (AvgIpc) is 2.25. The molecule has 0 fully saturated rings. The van der Waals surface area contributed by atoms with E-state index in [4.69, 9.17) is 4.42 Å². The third-order valence-electron chi connectivity index (χ3n) is 2.24. The van der Waals surface area contributed by atoms with Gasteiger partial charge in [-0.1, -0.05) is 0 Å². The van der Waals surface area contributed by atoms with E-state index in [1.54, 1.807) is 0 Å². The quantitative estimate of drug-likeness (QED) is 0.828. The predicted octanol–water partition coefficient (Wildman–Crippen LogP) is 2.10. The minimum absolute atomic E-state index is 0.649. The Morgan fingerprint density at radius 3 is 2.40 bits per heavy atom. The lowest BCUT2D eigenvalue weighted by Crippen LogP contribution is -2.35. The lowest BCUT2D eigenvalue weighted by atomic mass is 10.1. The molecule has 3 nitrogen and oxygen atoms in total. The fourth-order valence-corrected chi connectivity index (χ4v) is 1.85. The first kappa shape index (κ1) is 12.3. The SMILES string of the molecule is Cc1cc(CN(C)CC(C)(C)O)c(C)o1. The summed E-state index contributed by atoms with van der Waals surface area (Å²) in [6.45, 7) is 9.02. The van der Waals surface area contributed by atoms with Crippen molar-refractivity contribution in [3.05, 3.63) is 23.2 Å². The van der Waals surface area contributed by atoms with Crippen LogP contribution in [0.2, 0.25) is 0 Å². The topological polar surface area (TPSA) is 36.6 Å². The second kappa shape index (κ2) is 4.37. The predicted molar refractivity (Wildman–Crippen MR) is 60.8 cm³/mol. The maximum atomic E-state index is 9.68. The Kier molecular flexibility index (Phi) is 3.58. The van der Waals surface area contributed by atoms with Crippen LogP contribution in [0.5, 0.6) is 0 Å². The van der Waals surface area contributed by atoms with E-state index >= 15 is 0 Å². The largest absolute Gasteiger partial charge is 0.466 e. The molecule has 0 saturated heterocycles. The normalized spacial score (nSPS) is 12.5. The number of nitrogens with zero attached hydrogens (tertiary/aromatic N) is 1. The molecule has 86 valence electrons. The molecule has 1 N–H and O–H groups in total. The zero-order valence-electron chi connectivity index (χ0n) is 10.3. The number of aryl methyl sites for hydroxylation is 2. The van der Waals surface area contributed by atoms with Gasteiger partial charge in [0.25, 0.3) is 0 Å². The van der Waals surface area contributed by atoms with Gasteiger partial charge in [-0.15, -0.1) is 0 Å². The first-order valence-electron chi connectivity index (χ1n) is 5.25. The van der Waals surface area contributed by atoms with E-state index in [1.165, 1.54) is 5.56 Å². The van der Waals surface area contributed by atoms with Gasteiger partial charge in [0.2, 0.25) is 0 Å². The molecule has 0 aromatic carbocycles. The molecule has 1 aromatic rings. The summed E-state index contributed by atoms with van der Waals surface area (Å²) in [5.74, 6) is 1.91. The number of aliphatic hydroxyl groups is 1. The molecule has 0 aliphatic carbocycles. The van der Waals surface area contributed by atoms with Gasteiger partial charge in [-0.05, 0) is 40.8 Å². The van der Waals surface area contributed by atoms with Gasteiger partial charge < -0.3 is 9.52 Å². The standard InChI is InChI=1S/C12H21NO2/c1-9-6-11(10(2)15-9)7-13(5)8-12(3,4)14/h6,14H,7-8H2,1-5H3. The Labute approximate surface area is 91.7 Å². The molecule has 0 aliphatic heterocycles. The number of hydrogen-bond donors (Lipinski definition) is 1. The van der Waals surface area contributed by atoms with Crippen LogP contribution in [0.3, 0.4) is 0 Å². The van der Waals surface area contributed by atoms with Gasteiger partial charge in [-0.25, -0.2) is 0 Å². The minimum atomic E-state index is -0.651. The summed E-state index contributed by atoms with van der Waals surface area (Å²) in [6, 6.07) is 2.05. The van der Waals surface area contributed by atoms with Crippen LogP contribution in [0.25, 0.3) is 0 Å². The molecular weight excluding hydrogens is 190 g/mol. The van der Waals surface area contributed by atoms with Crippen LogP contribution in [-0.4, -0.2) is 29.2 Å². The monoisotopic (exact) mass is 211 g/mol. The molecule has 0 amide bonds. The lowest BCUT2D eigenvalue weighted by Gasteiger charge is -2.25. The van der Waals surface area contributed by atoms with Gasteiger partial charge in [0.1, 0.15) is 11.5 Å². The van der Waals surface area contributed by atoms with Gasteiger partial charge in [0, 0.05) is 18.7 Å². The van der Waals surface area contributed by atoms with E-state index < -0.39 is 5.60 Å². The molecule has 1 heterocycles. The second-order valence-corrected chi connectivity index (χ2v) is 4.92. The van der Waals surface area contributed by atoms with Gasteiger partial charge >= 0.3 is 0 Å². The van der Waals surface area contributed by atoms with Crippen molar-refractivity contribution in [3.8, 4) is 0 Å². The fraction of sp³-hybridized carbons (Fsp3) is 0.667. The Balaban J connectivity index is 2.58. The molecule has 1 rings (SSSR count). The molecule has 0 unspecified atom stereocenters. The van der Waals surface area contributed by atoms with E-state index in [9.17, 15) is 5.11 Å². The Bertz CT molecular complexity index is 323. The van der Waals surface area contributed by atoms with Crippen molar-refractivity contribution in [1.29, 1.82) is 0 Å². The molecular formula is C12H21NO2. The second-order valence-electron chi connectivity index (χ2n) is 4.92. The van der Waals surface area contributed by atoms with Crippen molar-refractivity contribution < 1.29 is 9.52 Å². The van der Waals surface area contributed by atoms with Gasteiger partial charge in [0.05, 0.1) is 5.60 Å². The third-order valence-corrected chi connectivity index (χ3v) is 2.24. The molecule has 0 radical (unpaired) electrons. The van der Waals surface area contributed by atoms with Crippen LogP contribution < -0.4 is 0 Å². The summed E-state index contributed by atoms with van der Waals surface area (Å²) in [6.07, 6.45) is 0. The van der Waals surface area contributed by atoms with Crippen LogP contribution in [0.15, 0.2) is 10.5 Å². The highest BCUT2D eigenvalue weighted by Crippen LogP contribution is 2.16. The Morgan fingerprint density at radius 2 is 2.00 bits per heavy atom. The summed E-state index contributed by atoms with van der Waals surface area (Å²) in [7, 11) is 2.00. The molecule has 0 saturated carbocycles. The lowest BCUT2D eigenvalue weighted by molar-refractivity contribution is 0.0423. The Morgan fingerprint density at radius 1 is 1.40 bits per heavy atom. The van der Waals surface area contributed by atoms with Crippen LogP contribution in [-0.2, 0) is 6.54 Å². The van der Waals surface area contributed by atoms with Crippen molar-refractivity contribution in [1.82, 2.24) is 4.90 Å². The van der Waals surface area contributed by atoms with Crippen molar-refractivity contribution in [2.75, 3.05) is 13.6 Å². The molecule has 1 aromatic heterocycles. The summed E-state index contributed by atoms with van der Waals surface area (Å²) in [4.78, 5) is 2.09. The molecule has 0 spiro atoms. The van der Waals surface area contributed by atoms with E-state index in [1.807, 2.05) is 34.7 Å². The summed E-state index contributed by atoms with van der Waals surface area (Å²) >= 11 is 0. The van der Waals surface area contributed by atoms with E-state index in [0.717, 1.165) is 18.1 Å². The molecule has 3 heteroatoms. The van der Waals surface area contributed by atoms with E-state index in [2.05, 4.69) is 11.0 Å². The zero-order chi connectivity index (χ0) is 11.6. The zero-order valence-corrected chi connectivity index (χ0v) is 10.3. The number of rotatable bonds is 4. The first-order valence-corrected chi connectivity index (χ1v) is 5.25. The maximum absolute atomic E-state index is 9.68. The van der Waals surface area contributed by atoms with E-state index in [0.29, 0.717) is 6.54 Å². The van der Waals surface area contributed by atoms with E-state index in [-0.39, 0.29) is 0 Å². The van der Waals surface area contributed by atoms with Crippen LogP contribution in [0.1, 0.15) is 30.9 Å². The van der Waals surface area contributed by atoms with Crippen LogP contribution >= 0.6 is 0 Å². The number of hydrogen-bond acceptors (Lipinski definition) is 3. The highest BCUT2D eigenvalue weighted by atomic mass is 16.3. The highest BCUT2D eigenvalue weighted by Gasteiger charge is 2.16. The number of furan rings is 1. The highest BCUT2D eigenvalue weighted by molar-refractivity contribution is 5.19. The number of likely N-dealkylation sites (N-methyl/N-ethyl adjacent to an activating group) is 1. The maximum Gasteiger partial charge on any atom is 0.105 e. The summed E-state index contributed by atoms with van der Waals surface area (Å²) in [5.41, 5.74) is 0.542. The van der Waals surface area contributed by atoms with Gasteiger partial charge in [0.15, 0.2) is 0 Å². The minimum Gasteiger partial charge on any atom is -0.466 e. The van der Waals surface area contributed by atoms with Crippen molar-refractivity contribution in [3.63, 3.8) is 0 Å². The first-order chi connectivity index (χ1) is 6.78. The van der Waals surface area contributed by atoms with Gasteiger partial charge in [-0.2, -0.15) is 0 Å². The summed E-state index contributed by atoms with van der Waals surface area (Å²) < 4.78 is 5.46. The van der Waals surface area contributed by atoms with Crippen LogP contribution in [0, 0.1) is 13.8 Å². The molecule has 15 heavy (non-hydrogen) atoms. The molecule has 0 aliphatic rings. The third kappa shape index (κ3) is 4.06. The smallest absolute Gasteiger partial charge is 0.105 e. The fourth-order valence-electron chi connectivity index (χ4n) is 1.85. The molecule has 0 atom stereocenters. The van der Waals surface area contributed by atoms with Crippen molar-refractivity contribution >= 4 is 0 Å². The van der Waals surface area contributed by atoms with Crippen molar-refractivity contribution in [2.24, 2.45) is 0 Å². The summed E-state index contributed by atoms with van der Waals surface area (Å²) in [5, 5.41) is 9.68. The van der Waals surface area contributed by atoms with Crippen molar-refractivity contribution in [2.45, 2.75) is 39.8 Å². The van der Waals surface area contributed by atoms with Crippen LogP contribution in [0.4, 0.5) is 0 Å². The average molecular weight is 211 g/mol. The Hall–Kier alpha value is -0.800.